The maximum atomic E-state index is 11.2. The van der Waals surface area contributed by atoms with E-state index in [1.165, 1.54) is 12.1 Å². The smallest absolute Gasteiger partial charge is 0.336 e. The molecule has 0 saturated carbocycles. The lowest BCUT2D eigenvalue weighted by Crippen LogP contribution is -2.20. The Labute approximate surface area is 146 Å². The van der Waals surface area contributed by atoms with Crippen molar-refractivity contribution in [1.82, 2.24) is 0 Å². The number of benzene rings is 2. The lowest BCUT2D eigenvalue weighted by Gasteiger charge is -2.27. The second-order valence-corrected chi connectivity index (χ2v) is 6.04. The lowest BCUT2D eigenvalue weighted by atomic mass is 9.76. The van der Waals surface area contributed by atoms with Crippen molar-refractivity contribution >= 4 is 11.9 Å². The monoisotopic (exact) mass is 332 g/mol. The largest absolute Gasteiger partial charge is 0.478 e. The zero-order valence-corrected chi connectivity index (χ0v) is 13.8. The van der Waals surface area contributed by atoms with E-state index in [1.54, 1.807) is 24.3 Å². The van der Waals surface area contributed by atoms with E-state index in [1.807, 2.05) is 13.8 Å². The summed E-state index contributed by atoms with van der Waals surface area (Å²) in [5.74, 6) is 2.62. The molecule has 0 atom stereocenters. The average molecular weight is 332 g/mol. The quantitative estimate of drug-likeness (QED) is 0.842. The zero-order chi connectivity index (χ0) is 18.8. The van der Waals surface area contributed by atoms with Crippen LogP contribution in [0.1, 0.15) is 56.8 Å². The van der Waals surface area contributed by atoms with E-state index in [4.69, 9.17) is 12.8 Å². The molecule has 2 rings (SSSR count). The van der Waals surface area contributed by atoms with Crippen molar-refractivity contribution in [3.8, 4) is 24.7 Å². The summed E-state index contributed by atoms with van der Waals surface area (Å²) in [5.41, 5.74) is 1.76. The molecule has 0 aliphatic rings. The molecule has 2 N–H and O–H groups in total. The number of carboxylic acid groups (broad SMARTS) is 2. The van der Waals surface area contributed by atoms with Crippen molar-refractivity contribution in [3.63, 3.8) is 0 Å². The molecule has 0 aliphatic heterocycles. The third kappa shape index (κ3) is 3.24. The first-order valence-corrected chi connectivity index (χ1v) is 7.41. The first kappa shape index (κ1) is 17.8. The van der Waals surface area contributed by atoms with Gasteiger partial charge in [0.15, 0.2) is 0 Å². The number of carboxylic acids is 2. The second-order valence-electron chi connectivity index (χ2n) is 6.04. The van der Waals surface area contributed by atoms with Gasteiger partial charge in [-0.25, -0.2) is 9.59 Å². The number of hydrogen-bond donors (Lipinski definition) is 2. The molecule has 124 valence electrons. The second kappa shape index (κ2) is 6.55. The van der Waals surface area contributed by atoms with Gasteiger partial charge in [0, 0.05) is 16.5 Å². The molecule has 0 bridgehead atoms. The molecule has 0 aromatic heterocycles. The van der Waals surface area contributed by atoms with Crippen molar-refractivity contribution in [2.75, 3.05) is 0 Å². The Morgan fingerprint density at radius 3 is 1.48 bits per heavy atom. The van der Waals surface area contributed by atoms with Crippen LogP contribution < -0.4 is 0 Å². The molecular formula is C21H16O4. The third-order valence-electron chi connectivity index (χ3n) is 4.25. The van der Waals surface area contributed by atoms with Gasteiger partial charge in [0.1, 0.15) is 0 Å². The summed E-state index contributed by atoms with van der Waals surface area (Å²) in [4.78, 5) is 22.4. The Kier molecular flexibility index (Phi) is 4.68. The Morgan fingerprint density at radius 1 is 0.840 bits per heavy atom. The molecule has 0 heterocycles. The summed E-state index contributed by atoms with van der Waals surface area (Å²) in [5, 5.41) is 18.4. The maximum absolute atomic E-state index is 11.2. The molecule has 0 spiro atoms. The van der Waals surface area contributed by atoms with Gasteiger partial charge < -0.3 is 10.2 Å². The van der Waals surface area contributed by atoms with Gasteiger partial charge in [0.2, 0.25) is 0 Å². The molecule has 4 heteroatoms. The van der Waals surface area contributed by atoms with E-state index in [2.05, 4.69) is 11.8 Å². The van der Waals surface area contributed by atoms with Crippen LogP contribution in [-0.4, -0.2) is 22.2 Å². The normalized spacial score (nSPS) is 10.6. The van der Waals surface area contributed by atoms with E-state index in [-0.39, 0.29) is 22.3 Å². The average Bonchev–Trinajstić information content (AvgIpc) is 2.60. The molecule has 0 amide bonds. The Morgan fingerprint density at radius 2 is 1.20 bits per heavy atom. The van der Waals surface area contributed by atoms with Crippen LogP contribution >= 0.6 is 0 Å². The summed E-state index contributed by atoms with van der Waals surface area (Å²) >= 11 is 0. The fourth-order valence-electron chi connectivity index (χ4n) is 2.64. The van der Waals surface area contributed by atoms with Gasteiger partial charge in [-0.1, -0.05) is 37.8 Å². The summed E-state index contributed by atoms with van der Waals surface area (Å²) < 4.78 is 0. The van der Waals surface area contributed by atoms with Crippen LogP contribution in [0.3, 0.4) is 0 Å². The van der Waals surface area contributed by atoms with Crippen molar-refractivity contribution in [3.05, 3.63) is 69.8 Å². The topological polar surface area (TPSA) is 74.6 Å². The molecule has 0 radical (unpaired) electrons. The standard InChI is InChI=1S/C21H16O4/c1-5-13-11-15(7-9-17(13)19(22)23)21(3,4)16-8-10-18(20(24)25)14(6-2)12-16/h1-2,7-12H,3-4H3,(H,22,23)(H,24,25). The molecule has 4 nitrogen and oxygen atoms in total. The number of aromatic carboxylic acids is 2. The first-order chi connectivity index (χ1) is 11.7. The van der Waals surface area contributed by atoms with E-state index < -0.39 is 17.4 Å². The SMILES string of the molecule is C#Cc1cc(C(C)(C)c2ccc(C(=O)O)c(C#C)c2)ccc1C(=O)O. The minimum atomic E-state index is -1.09. The molecule has 0 unspecified atom stereocenters. The summed E-state index contributed by atoms with van der Waals surface area (Å²) in [6.07, 6.45) is 10.9. The van der Waals surface area contributed by atoms with Crippen molar-refractivity contribution in [1.29, 1.82) is 0 Å². The molecule has 0 fully saturated rings. The van der Waals surface area contributed by atoms with Crippen LogP contribution in [0.4, 0.5) is 0 Å². The number of hydrogen-bond acceptors (Lipinski definition) is 2. The van der Waals surface area contributed by atoms with Crippen molar-refractivity contribution < 1.29 is 19.8 Å². The summed E-state index contributed by atoms with van der Waals surface area (Å²) in [6, 6.07) is 9.66. The van der Waals surface area contributed by atoms with Gasteiger partial charge in [-0.2, -0.15) is 0 Å². The first-order valence-electron chi connectivity index (χ1n) is 7.41. The van der Waals surface area contributed by atoms with Crippen molar-refractivity contribution in [2.24, 2.45) is 0 Å². The van der Waals surface area contributed by atoms with Crippen LogP contribution in [0, 0.1) is 24.7 Å². The number of carbonyl (C=O) groups is 2. The molecule has 2 aromatic carbocycles. The lowest BCUT2D eigenvalue weighted by molar-refractivity contribution is 0.0685. The molecule has 0 saturated heterocycles. The number of terminal acetylenes is 2. The van der Waals surface area contributed by atoms with Crippen LogP contribution in [0.15, 0.2) is 36.4 Å². The minimum Gasteiger partial charge on any atom is -0.478 e. The van der Waals surface area contributed by atoms with Gasteiger partial charge in [-0.05, 0) is 35.4 Å². The predicted octanol–water partition coefficient (Wildman–Crippen LogP) is 3.37. The number of rotatable bonds is 4. The minimum absolute atomic E-state index is 0.0626. The van der Waals surface area contributed by atoms with Crippen LogP contribution in [0.25, 0.3) is 0 Å². The van der Waals surface area contributed by atoms with Gasteiger partial charge in [0.05, 0.1) is 11.1 Å². The predicted molar refractivity (Wildman–Crippen MR) is 94.8 cm³/mol. The third-order valence-corrected chi connectivity index (χ3v) is 4.25. The fraction of sp³-hybridized carbons (Fsp3) is 0.143. The van der Waals surface area contributed by atoms with E-state index in [0.29, 0.717) is 0 Å². The molecular weight excluding hydrogens is 316 g/mol. The van der Waals surface area contributed by atoms with Crippen molar-refractivity contribution in [2.45, 2.75) is 19.3 Å². The summed E-state index contributed by atoms with van der Waals surface area (Å²) in [6.45, 7) is 3.86. The Bertz CT molecular complexity index is 875. The van der Waals surface area contributed by atoms with Gasteiger partial charge >= 0.3 is 11.9 Å². The molecule has 25 heavy (non-hydrogen) atoms. The zero-order valence-electron chi connectivity index (χ0n) is 13.8. The maximum Gasteiger partial charge on any atom is 0.336 e. The van der Waals surface area contributed by atoms with E-state index >= 15 is 0 Å². The van der Waals surface area contributed by atoms with Crippen LogP contribution in [0.2, 0.25) is 0 Å². The molecule has 2 aromatic rings. The van der Waals surface area contributed by atoms with Gasteiger partial charge in [-0.3, -0.25) is 0 Å². The van der Waals surface area contributed by atoms with E-state index in [9.17, 15) is 19.8 Å². The highest BCUT2D eigenvalue weighted by molar-refractivity contribution is 5.91. The van der Waals surface area contributed by atoms with E-state index in [0.717, 1.165) is 11.1 Å². The highest BCUT2D eigenvalue weighted by atomic mass is 16.4. The summed E-state index contributed by atoms with van der Waals surface area (Å²) in [7, 11) is 0. The highest BCUT2D eigenvalue weighted by Crippen LogP contribution is 2.33. The Hall–Kier alpha value is -3.50. The highest BCUT2D eigenvalue weighted by Gasteiger charge is 2.26. The van der Waals surface area contributed by atoms with Crippen LogP contribution in [0.5, 0.6) is 0 Å². The van der Waals surface area contributed by atoms with Gasteiger partial charge in [0.25, 0.3) is 0 Å². The van der Waals surface area contributed by atoms with Crippen LogP contribution in [-0.2, 0) is 5.41 Å². The Balaban J connectivity index is 2.60. The fourth-order valence-corrected chi connectivity index (χ4v) is 2.64. The molecule has 0 aliphatic carbocycles. The van der Waals surface area contributed by atoms with Gasteiger partial charge in [-0.15, -0.1) is 12.8 Å².